The number of esters is 1. The maximum atomic E-state index is 11.7. The van der Waals surface area contributed by atoms with Crippen molar-refractivity contribution in [3.63, 3.8) is 0 Å². The Bertz CT molecular complexity index is 621. The molecule has 29 heavy (non-hydrogen) atoms. The van der Waals surface area contributed by atoms with Crippen LogP contribution in [-0.4, -0.2) is 55.4 Å². The molecule has 7 heteroatoms. The zero-order valence-corrected chi connectivity index (χ0v) is 18.1. The van der Waals surface area contributed by atoms with Crippen molar-refractivity contribution >= 4 is 11.9 Å². The largest absolute Gasteiger partial charge is 0.491 e. The zero-order chi connectivity index (χ0) is 21.6. The van der Waals surface area contributed by atoms with E-state index in [-0.39, 0.29) is 30.4 Å². The van der Waals surface area contributed by atoms with Gasteiger partial charge in [0.2, 0.25) is 5.91 Å². The van der Waals surface area contributed by atoms with Crippen molar-refractivity contribution in [2.45, 2.75) is 59.1 Å². The summed E-state index contributed by atoms with van der Waals surface area (Å²) in [7, 11) is 0. The normalized spacial score (nSPS) is 13.0. The number of nitrogens with one attached hydrogen (secondary N) is 2. The second-order valence-electron chi connectivity index (χ2n) is 7.50. The van der Waals surface area contributed by atoms with Crippen LogP contribution in [0.5, 0.6) is 5.75 Å². The number of benzene rings is 1. The van der Waals surface area contributed by atoms with Crippen LogP contribution in [0.4, 0.5) is 0 Å². The molecular weight excluding hydrogens is 372 g/mol. The van der Waals surface area contributed by atoms with Crippen molar-refractivity contribution in [1.29, 1.82) is 0 Å². The number of amides is 1. The Hall–Kier alpha value is -2.12. The summed E-state index contributed by atoms with van der Waals surface area (Å²) in [4.78, 5) is 23.3. The molecule has 0 heterocycles. The van der Waals surface area contributed by atoms with Gasteiger partial charge in [-0.15, -0.1) is 0 Å². The highest BCUT2D eigenvalue weighted by Gasteiger charge is 2.12. The zero-order valence-electron chi connectivity index (χ0n) is 18.1. The van der Waals surface area contributed by atoms with Gasteiger partial charge in [-0.2, -0.15) is 0 Å². The lowest BCUT2D eigenvalue weighted by molar-refractivity contribution is -0.143. The van der Waals surface area contributed by atoms with Crippen LogP contribution in [0.15, 0.2) is 24.3 Å². The number of para-hydroxylation sites is 1. The molecule has 164 valence electrons. The summed E-state index contributed by atoms with van der Waals surface area (Å²) < 4.78 is 10.9. The summed E-state index contributed by atoms with van der Waals surface area (Å²) in [6.07, 6.45) is 0.935. The van der Waals surface area contributed by atoms with Crippen molar-refractivity contribution < 1.29 is 24.2 Å². The van der Waals surface area contributed by atoms with Crippen LogP contribution in [0, 0.1) is 5.92 Å². The van der Waals surface area contributed by atoms with Gasteiger partial charge in [-0.05, 0) is 31.4 Å². The van der Waals surface area contributed by atoms with Gasteiger partial charge in [-0.25, -0.2) is 0 Å². The van der Waals surface area contributed by atoms with Gasteiger partial charge in [0.25, 0.3) is 0 Å². The lowest BCUT2D eigenvalue weighted by atomic mass is 10.1. The summed E-state index contributed by atoms with van der Waals surface area (Å²) in [5.41, 5.74) is 0.908. The number of aliphatic hydroxyl groups is 1. The molecule has 2 atom stereocenters. The maximum Gasteiger partial charge on any atom is 0.306 e. The van der Waals surface area contributed by atoms with Gasteiger partial charge in [-0.1, -0.05) is 39.0 Å². The number of carbonyl (C=O) groups is 2. The molecule has 0 spiro atoms. The van der Waals surface area contributed by atoms with E-state index in [1.165, 1.54) is 0 Å². The molecule has 0 aromatic heterocycles. The fourth-order valence-corrected chi connectivity index (χ4v) is 2.49. The number of ether oxygens (including phenoxy) is 2. The molecule has 0 radical (unpaired) electrons. The quantitative estimate of drug-likeness (QED) is 0.408. The first-order valence-electron chi connectivity index (χ1n) is 10.4. The predicted molar refractivity (Wildman–Crippen MR) is 113 cm³/mol. The second-order valence-corrected chi connectivity index (χ2v) is 7.50. The number of aryl methyl sites for hydroxylation is 1. The van der Waals surface area contributed by atoms with Crippen LogP contribution < -0.4 is 15.4 Å². The third kappa shape index (κ3) is 10.9. The lowest BCUT2D eigenvalue weighted by Gasteiger charge is -2.19. The minimum absolute atomic E-state index is 0.0118. The third-order valence-corrected chi connectivity index (χ3v) is 4.28. The SMILES string of the molecule is CCCOC(=O)CCc1ccccc1OCC(O)CNC(C)CNC(=O)C(C)C. The molecule has 1 amide bonds. The third-order valence-electron chi connectivity index (χ3n) is 4.28. The highest BCUT2D eigenvalue weighted by atomic mass is 16.5. The summed E-state index contributed by atoms with van der Waals surface area (Å²) >= 11 is 0. The molecule has 2 unspecified atom stereocenters. The van der Waals surface area contributed by atoms with Crippen molar-refractivity contribution in [3.05, 3.63) is 29.8 Å². The van der Waals surface area contributed by atoms with Crippen LogP contribution in [-0.2, 0) is 20.7 Å². The van der Waals surface area contributed by atoms with Crippen LogP contribution in [0.3, 0.4) is 0 Å². The summed E-state index contributed by atoms with van der Waals surface area (Å²) in [5.74, 6) is 0.406. The molecule has 1 aromatic rings. The van der Waals surface area contributed by atoms with E-state index in [2.05, 4.69) is 10.6 Å². The van der Waals surface area contributed by atoms with Gasteiger partial charge in [0.1, 0.15) is 18.5 Å². The highest BCUT2D eigenvalue weighted by molar-refractivity contribution is 5.77. The molecule has 0 aliphatic heterocycles. The van der Waals surface area contributed by atoms with Gasteiger partial charge in [0.05, 0.1) is 6.61 Å². The predicted octanol–water partition coefficient (Wildman–Crippen LogP) is 2.06. The van der Waals surface area contributed by atoms with E-state index >= 15 is 0 Å². The maximum absolute atomic E-state index is 11.7. The monoisotopic (exact) mass is 408 g/mol. The van der Waals surface area contributed by atoms with E-state index in [0.717, 1.165) is 12.0 Å². The Morgan fingerprint density at radius 2 is 1.86 bits per heavy atom. The van der Waals surface area contributed by atoms with E-state index in [0.29, 0.717) is 38.3 Å². The Kier molecular flexibility index (Phi) is 12.0. The van der Waals surface area contributed by atoms with E-state index in [4.69, 9.17) is 9.47 Å². The van der Waals surface area contributed by atoms with Gasteiger partial charge in [-0.3, -0.25) is 9.59 Å². The molecule has 0 saturated carbocycles. The van der Waals surface area contributed by atoms with E-state index in [9.17, 15) is 14.7 Å². The summed E-state index contributed by atoms with van der Waals surface area (Å²) in [6.45, 7) is 9.03. The molecule has 0 bridgehead atoms. The fourth-order valence-electron chi connectivity index (χ4n) is 2.49. The highest BCUT2D eigenvalue weighted by Crippen LogP contribution is 2.20. The van der Waals surface area contributed by atoms with Crippen molar-refractivity contribution in [3.8, 4) is 5.75 Å². The van der Waals surface area contributed by atoms with Gasteiger partial charge >= 0.3 is 5.97 Å². The van der Waals surface area contributed by atoms with Crippen LogP contribution in [0.1, 0.15) is 46.1 Å². The Balaban J connectivity index is 2.37. The molecular formula is C22H36N2O5. The Morgan fingerprint density at radius 3 is 2.55 bits per heavy atom. The average Bonchev–Trinajstić information content (AvgIpc) is 2.71. The van der Waals surface area contributed by atoms with Crippen LogP contribution >= 0.6 is 0 Å². The van der Waals surface area contributed by atoms with E-state index < -0.39 is 6.10 Å². The molecule has 1 aromatic carbocycles. The molecule has 0 aliphatic rings. The number of hydrogen-bond acceptors (Lipinski definition) is 6. The molecule has 0 aliphatic carbocycles. The molecule has 3 N–H and O–H groups in total. The first kappa shape index (κ1) is 24.9. The molecule has 0 saturated heterocycles. The Labute approximate surface area is 174 Å². The molecule has 7 nitrogen and oxygen atoms in total. The first-order valence-corrected chi connectivity index (χ1v) is 10.4. The van der Waals surface area contributed by atoms with Gasteiger partial charge in [0.15, 0.2) is 0 Å². The van der Waals surface area contributed by atoms with E-state index in [1.54, 1.807) is 0 Å². The number of carbonyl (C=O) groups excluding carboxylic acids is 2. The second kappa shape index (κ2) is 14.0. The topological polar surface area (TPSA) is 96.9 Å². The van der Waals surface area contributed by atoms with Crippen LogP contribution in [0.2, 0.25) is 0 Å². The van der Waals surface area contributed by atoms with E-state index in [1.807, 2.05) is 52.0 Å². The molecule has 0 fully saturated rings. The lowest BCUT2D eigenvalue weighted by Crippen LogP contribution is -2.43. The standard InChI is InChI=1S/C22H36N2O5/c1-5-12-28-21(26)11-10-18-8-6-7-9-20(18)29-15-19(25)14-23-17(4)13-24-22(27)16(2)3/h6-9,16-17,19,23,25H,5,10-15H2,1-4H3,(H,24,27). The number of aliphatic hydroxyl groups excluding tert-OH is 1. The van der Waals surface area contributed by atoms with Gasteiger partial charge in [0, 0.05) is 31.5 Å². The van der Waals surface area contributed by atoms with Crippen molar-refractivity contribution in [2.24, 2.45) is 5.92 Å². The number of hydrogen-bond donors (Lipinski definition) is 3. The fraction of sp³-hybridized carbons (Fsp3) is 0.636. The minimum atomic E-state index is -0.694. The van der Waals surface area contributed by atoms with Gasteiger partial charge < -0.3 is 25.2 Å². The first-order chi connectivity index (χ1) is 13.8. The smallest absolute Gasteiger partial charge is 0.306 e. The van der Waals surface area contributed by atoms with Crippen molar-refractivity contribution in [2.75, 3.05) is 26.3 Å². The van der Waals surface area contributed by atoms with Crippen molar-refractivity contribution in [1.82, 2.24) is 10.6 Å². The summed E-state index contributed by atoms with van der Waals surface area (Å²) in [5, 5.41) is 16.2. The number of rotatable bonds is 14. The van der Waals surface area contributed by atoms with Crippen LogP contribution in [0.25, 0.3) is 0 Å². The Morgan fingerprint density at radius 1 is 1.14 bits per heavy atom. The summed E-state index contributed by atoms with van der Waals surface area (Å²) in [6, 6.07) is 7.53. The minimum Gasteiger partial charge on any atom is -0.491 e. The molecule has 1 rings (SSSR count). The average molecular weight is 409 g/mol.